The van der Waals surface area contributed by atoms with Crippen LogP contribution in [0.2, 0.25) is 0 Å². The Labute approximate surface area is 168 Å². The van der Waals surface area contributed by atoms with Gasteiger partial charge in [-0.05, 0) is 43.1 Å². The smallest absolute Gasteiger partial charge is 0.274 e. The van der Waals surface area contributed by atoms with Crippen molar-refractivity contribution in [2.24, 2.45) is 0 Å². The number of hydrogen-bond acceptors (Lipinski definition) is 4. The maximum atomic E-state index is 13.5. The van der Waals surface area contributed by atoms with Crippen molar-refractivity contribution in [1.29, 1.82) is 0 Å². The van der Waals surface area contributed by atoms with Crippen LogP contribution in [-0.2, 0) is 4.74 Å². The van der Waals surface area contributed by atoms with Crippen molar-refractivity contribution in [3.05, 3.63) is 53.4 Å². The summed E-state index contributed by atoms with van der Waals surface area (Å²) in [6.07, 6.45) is 3.49. The average Bonchev–Trinajstić information content (AvgIpc) is 3.20. The number of amides is 1. The van der Waals surface area contributed by atoms with Gasteiger partial charge < -0.3 is 15.0 Å². The molecule has 0 aliphatic carbocycles. The summed E-state index contributed by atoms with van der Waals surface area (Å²) in [6.45, 7) is 2.93. The Balaban J connectivity index is 0.00000225. The fourth-order valence-electron chi connectivity index (χ4n) is 3.62. The molecule has 2 fully saturated rings. The molecule has 28 heavy (non-hydrogen) atoms. The zero-order valence-corrected chi connectivity index (χ0v) is 16.1. The second kappa shape index (κ2) is 8.98. The molecule has 1 N–H and O–H groups in total. The van der Waals surface area contributed by atoms with Gasteiger partial charge in [0, 0.05) is 19.3 Å². The van der Waals surface area contributed by atoms with Crippen LogP contribution in [0.15, 0.2) is 30.5 Å². The molecule has 4 rings (SSSR count). The molecule has 3 heterocycles. The number of carbonyl (C=O) groups is 1. The molecule has 2 aliphatic heterocycles. The number of rotatable bonds is 3. The Bertz CT molecular complexity index is 826. The number of halogens is 3. The van der Waals surface area contributed by atoms with E-state index < -0.39 is 17.7 Å². The number of hydrogen-bond donors (Lipinski definition) is 1. The maximum Gasteiger partial charge on any atom is 0.274 e. The van der Waals surface area contributed by atoms with E-state index in [-0.39, 0.29) is 30.9 Å². The molecule has 0 bridgehead atoms. The summed E-state index contributed by atoms with van der Waals surface area (Å²) < 4.78 is 34.2. The zero-order valence-electron chi connectivity index (χ0n) is 15.3. The summed E-state index contributed by atoms with van der Waals surface area (Å²) in [7, 11) is 0. The molecule has 9 heteroatoms. The van der Waals surface area contributed by atoms with Crippen molar-refractivity contribution in [2.75, 3.05) is 32.8 Å². The predicted octanol–water partition coefficient (Wildman–Crippen LogP) is 2.72. The molecule has 2 unspecified atom stereocenters. The highest BCUT2D eigenvalue weighted by Gasteiger charge is 2.28. The van der Waals surface area contributed by atoms with E-state index in [0.29, 0.717) is 24.4 Å². The fourth-order valence-corrected chi connectivity index (χ4v) is 3.62. The van der Waals surface area contributed by atoms with Gasteiger partial charge in [-0.25, -0.2) is 8.78 Å². The van der Waals surface area contributed by atoms with Gasteiger partial charge in [0.1, 0.15) is 11.8 Å². The van der Waals surface area contributed by atoms with E-state index in [9.17, 15) is 13.6 Å². The molecule has 6 nitrogen and oxygen atoms in total. The number of nitrogens with zero attached hydrogens (tertiary/aromatic N) is 3. The van der Waals surface area contributed by atoms with E-state index in [2.05, 4.69) is 10.4 Å². The van der Waals surface area contributed by atoms with Gasteiger partial charge in [0.2, 0.25) is 0 Å². The third-order valence-corrected chi connectivity index (χ3v) is 5.14. The summed E-state index contributed by atoms with van der Waals surface area (Å²) in [4.78, 5) is 14.5. The van der Waals surface area contributed by atoms with Gasteiger partial charge in [0.15, 0.2) is 11.6 Å². The first-order valence-corrected chi connectivity index (χ1v) is 9.23. The molecule has 1 aromatic carbocycles. The molecule has 0 spiro atoms. The van der Waals surface area contributed by atoms with E-state index in [0.717, 1.165) is 38.1 Å². The normalized spacial score (nSPS) is 22.6. The van der Waals surface area contributed by atoms with Crippen LogP contribution in [-0.4, -0.2) is 53.4 Å². The van der Waals surface area contributed by atoms with E-state index in [1.807, 2.05) is 10.9 Å². The molecule has 1 amide bonds. The minimum Gasteiger partial charge on any atom is -0.370 e. The van der Waals surface area contributed by atoms with Crippen molar-refractivity contribution in [3.63, 3.8) is 0 Å². The zero-order chi connectivity index (χ0) is 18.8. The number of ether oxygens (including phenoxy) is 1. The van der Waals surface area contributed by atoms with Crippen LogP contribution in [0.5, 0.6) is 0 Å². The van der Waals surface area contributed by atoms with Crippen LogP contribution in [0.3, 0.4) is 0 Å². The first-order chi connectivity index (χ1) is 13.1. The van der Waals surface area contributed by atoms with Gasteiger partial charge in [-0.3, -0.25) is 9.48 Å². The Morgan fingerprint density at radius 3 is 2.86 bits per heavy atom. The van der Waals surface area contributed by atoms with Crippen LogP contribution in [0.4, 0.5) is 8.78 Å². The van der Waals surface area contributed by atoms with Crippen LogP contribution >= 0.6 is 12.4 Å². The highest BCUT2D eigenvalue weighted by atomic mass is 35.5. The van der Waals surface area contributed by atoms with Gasteiger partial charge in [-0.15, -0.1) is 12.4 Å². The molecular weight excluding hydrogens is 390 g/mol. The lowest BCUT2D eigenvalue weighted by Gasteiger charge is -2.32. The largest absolute Gasteiger partial charge is 0.370 e. The Morgan fingerprint density at radius 1 is 1.25 bits per heavy atom. The fraction of sp³-hybridized carbons (Fsp3) is 0.474. The topological polar surface area (TPSA) is 59.4 Å². The minimum atomic E-state index is -0.917. The average molecular weight is 413 g/mol. The summed E-state index contributed by atoms with van der Waals surface area (Å²) in [6, 6.07) is 5.69. The Hall–Kier alpha value is -2.03. The number of morpholine rings is 1. The lowest BCUT2D eigenvalue weighted by Crippen LogP contribution is -2.42. The highest BCUT2D eigenvalue weighted by molar-refractivity contribution is 5.92. The van der Waals surface area contributed by atoms with E-state index in [4.69, 9.17) is 4.74 Å². The van der Waals surface area contributed by atoms with Gasteiger partial charge >= 0.3 is 0 Å². The minimum absolute atomic E-state index is 0. The van der Waals surface area contributed by atoms with Crippen molar-refractivity contribution in [2.45, 2.75) is 25.0 Å². The Morgan fingerprint density at radius 2 is 2.11 bits per heavy atom. The van der Waals surface area contributed by atoms with Crippen LogP contribution in [0.25, 0.3) is 0 Å². The van der Waals surface area contributed by atoms with Gasteiger partial charge in [-0.2, -0.15) is 5.10 Å². The van der Waals surface area contributed by atoms with Crippen molar-refractivity contribution in [1.82, 2.24) is 20.0 Å². The predicted molar refractivity (Wildman–Crippen MR) is 102 cm³/mol. The first-order valence-electron chi connectivity index (χ1n) is 9.23. The summed E-state index contributed by atoms with van der Waals surface area (Å²) >= 11 is 0. The van der Waals surface area contributed by atoms with E-state index in [1.54, 1.807) is 11.0 Å². The van der Waals surface area contributed by atoms with E-state index >= 15 is 0 Å². The molecule has 152 valence electrons. The number of piperidine rings is 1. The quantitative estimate of drug-likeness (QED) is 0.842. The number of carbonyl (C=O) groups excluding carboxylic acids is 1. The first kappa shape index (κ1) is 20.7. The molecule has 2 atom stereocenters. The van der Waals surface area contributed by atoms with Crippen molar-refractivity contribution >= 4 is 18.3 Å². The lowest BCUT2D eigenvalue weighted by molar-refractivity contribution is -0.0232. The van der Waals surface area contributed by atoms with Crippen molar-refractivity contribution in [3.8, 4) is 0 Å². The van der Waals surface area contributed by atoms with Crippen molar-refractivity contribution < 1.29 is 18.3 Å². The second-order valence-corrected chi connectivity index (χ2v) is 6.97. The molecule has 2 aliphatic rings. The molecule has 2 aromatic rings. The number of aromatic nitrogens is 2. The molecule has 0 radical (unpaired) electrons. The van der Waals surface area contributed by atoms with Crippen LogP contribution in [0.1, 0.15) is 41.0 Å². The second-order valence-electron chi connectivity index (χ2n) is 6.97. The van der Waals surface area contributed by atoms with Gasteiger partial charge in [0.05, 0.1) is 19.2 Å². The Kier molecular flexibility index (Phi) is 6.64. The molecular formula is C19H23ClF2N4O2. The summed E-state index contributed by atoms with van der Waals surface area (Å²) in [5.74, 6) is -1.99. The van der Waals surface area contributed by atoms with Gasteiger partial charge in [-0.1, -0.05) is 6.07 Å². The number of benzene rings is 1. The SMILES string of the molecule is Cl.O=C(c1ccn(C2CCCNC2)n1)N1CCOC(c2ccc(F)c(F)c2)C1. The van der Waals surface area contributed by atoms with E-state index in [1.165, 1.54) is 6.07 Å². The summed E-state index contributed by atoms with van der Waals surface area (Å²) in [5.41, 5.74) is 0.914. The third-order valence-electron chi connectivity index (χ3n) is 5.14. The van der Waals surface area contributed by atoms with Gasteiger partial charge in [0.25, 0.3) is 5.91 Å². The molecule has 0 saturated carbocycles. The van der Waals surface area contributed by atoms with Crippen LogP contribution in [0, 0.1) is 11.6 Å². The third kappa shape index (κ3) is 4.34. The van der Waals surface area contributed by atoms with Crippen LogP contribution < -0.4 is 5.32 Å². The highest BCUT2D eigenvalue weighted by Crippen LogP contribution is 2.25. The molecule has 1 aromatic heterocycles. The standard InChI is InChI=1S/C19H22F2N4O2.ClH/c20-15-4-3-13(10-16(15)21)18-12-24(8-9-27-18)19(26)17-5-7-25(23-17)14-2-1-6-22-11-14;/h3-5,7,10,14,18,22H,1-2,6,8-9,11-12H2;1H. The maximum absolute atomic E-state index is 13.5. The monoisotopic (exact) mass is 412 g/mol. The number of nitrogens with one attached hydrogen (secondary N) is 1. The lowest BCUT2D eigenvalue weighted by atomic mass is 10.1. The molecule has 2 saturated heterocycles. The summed E-state index contributed by atoms with van der Waals surface area (Å²) in [5, 5.41) is 7.81.